The maximum atomic E-state index is 10.6. The van der Waals surface area contributed by atoms with Crippen LogP contribution >= 0.6 is 11.3 Å². The molecule has 2 aromatic rings. The van der Waals surface area contributed by atoms with Crippen molar-refractivity contribution >= 4 is 27.5 Å². The maximum absolute atomic E-state index is 10.6. The number of thiazole rings is 1. The molecule has 1 N–H and O–H groups in total. The van der Waals surface area contributed by atoms with Crippen LogP contribution in [0.15, 0.2) is 18.2 Å². The summed E-state index contributed by atoms with van der Waals surface area (Å²) in [5, 5.41) is 9.75. The average molecular weight is 249 g/mol. The second-order valence-corrected chi connectivity index (χ2v) is 5.60. The molecule has 17 heavy (non-hydrogen) atoms. The zero-order valence-corrected chi connectivity index (χ0v) is 10.8. The third-order valence-electron chi connectivity index (χ3n) is 2.63. The Morgan fingerprint density at radius 1 is 1.53 bits per heavy atom. The molecule has 0 saturated carbocycles. The minimum Gasteiger partial charge on any atom is -0.481 e. The zero-order valence-electron chi connectivity index (χ0n) is 9.93. The molecule has 0 spiro atoms. The van der Waals surface area contributed by atoms with Gasteiger partial charge in [-0.3, -0.25) is 4.79 Å². The summed E-state index contributed by atoms with van der Waals surface area (Å²) >= 11 is 1.66. The van der Waals surface area contributed by atoms with Gasteiger partial charge in [-0.05, 0) is 30.5 Å². The number of hydrogen-bond donors (Lipinski definition) is 1. The second-order valence-electron chi connectivity index (χ2n) is 4.49. The monoisotopic (exact) mass is 249 g/mol. The first-order valence-electron chi connectivity index (χ1n) is 5.62. The molecule has 1 aromatic heterocycles. The van der Waals surface area contributed by atoms with Gasteiger partial charge >= 0.3 is 5.97 Å². The van der Waals surface area contributed by atoms with Crippen LogP contribution in [0, 0.1) is 12.8 Å². The lowest BCUT2D eigenvalue weighted by Gasteiger charge is -2.04. The molecule has 0 aliphatic carbocycles. The van der Waals surface area contributed by atoms with Gasteiger partial charge in [0, 0.05) is 12.8 Å². The third-order valence-corrected chi connectivity index (χ3v) is 3.67. The first-order valence-corrected chi connectivity index (χ1v) is 6.44. The molecule has 90 valence electrons. The number of aromatic nitrogens is 1. The van der Waals surface area contributed by atoms with Crippen molar-refractivity contribution in [2.75, 3.05) is 0 Å². The van der Waals surface area contributed by atoms with Crippen LogP contribution in [0.25, 0.3) is 10.2 Å². The molecular formula is C13H15NO2S. The Kier molecular flexibility index (Phi) is 3.43. The normalized spacial score (nSPS) is 12.8. The highest BCUT2D eigenvalue weighted by atomic mass is 32.1. The second kappa shape index (κ2) is 4.84. The number of aliphatic carboxylic acids is 1. The number of fused-ring (bicyclic) bond motifs is 1. The van der Waals surface area contributed by atoms with E-state index in [0.717, 1.165) is 16.9 Å². The van der Waals surface area contributed by atoms with Crippen molar-refractivity contribution in [3.8, 4) is 0 Å². The molecule has 0 amide bonds. The van der Waals surface area contributed by atoms with Crippen LogP contribution < -0.4 is 0 Å². The highest BCUT2D eigenvalue weighted by Crippen LogP contribution is 2.25. The van der Waals surface area contributed by atoms with Gasteiger partial charge in [0.2, 0.25) is 0 Å². The Morgan fingerprint density at radius 2 is 2.29 bits per heavy atom. The average Bonchev–Trinajstić information content (AvgIpc) is 2.57. The van der Waals surface area contributed by atoms with Crippen LogP contribution in [-0.2, 0) is 11.2 Å². The molecule has 3 nitrogen and oxygen atoms in total. The van der Waals surface area contributed by atoms with Crippen LogP contribution in [0.3, 0.4) is 0 Å². The van der Waals surface area contributed by atoms with E-state index in [2.05, 4.69) is 18.0 Å². The summed E-state index contributed by atoms with van der Waals surface area (Å²) < 4.78 is 1.18. The van der Waals surface area contributed by atoms with Crippen molar-refractivity contribution in [1.82, 2.24) is 4.98 Å². The molecule has 2 rings (SSSR count). The molecule has 1 heterocycles. The number of aryl methyl sites for hydroxylation is 1. The maximum Gasteiger partial charge on any atom is 0.303 e. The highest BCUT2D eigenvalue weighted by Gasteiger charge is 2.11. The van der Waals surface area contributed by atoms with E-state index in [1.54, 1.807) is 11.3 Å². The molecule has 0 radical (unpaired) electrons. The summed E-state index contributed by atoms with van der Waals surface area (Å²) in [7, 11) is 0. The van der Waals surface area contributed by atoms with Crippen molar-refractivity contribution < 1.29 is 9.90 Å². The standard InChI is InChI=1S/C13H15NO2S/c1-8-3-4-10-11(5-8)17-12(14-10)6-9(2)7-13(15)16/h3-5,9H,6-7H2,1-2H3,(H,15,16). The largest absolute Gasteiger partial charge is 0.481 e. The van der Waals surface area contributed by atoms with E-state index < -0.39 is 5.97 Å². The molecule has 0 bridgehead atoms. The van der Waals surface area contributed by atoms with Gasteiger partial charge in [0.1, 0.15) is 0 Å². The Bertz CT molecular complexity index is 547. The van der Waals surface area contributed by atoms with E-state index in [1.807, 2.05) is 19.1 Å². The van der Waals surface area contributed by atoms with E-state index in [4.69, 9.17) is 5.11 Å². The Morgan fingerprint density at radius 3 is 3.00 bits per heavy atom. The molecular weight excluding hydrogens is 234 g/mol. The number of carbonyl (C=O) groups is 1. The molecule has 1 atom stereocenters. The first kappa shape index (κ1) is 12.0. The fraction of sp³-hybridized carbons (Fsp3) is 0.385. The Hall–Kier alpha value is -1.42. The minimum absolute atomic E-state index is 0.133. The fourth-order valence-electron chi connectivity index (χ4n) is 1.84. The molecule has 4 heteroatoms. The first-order chi connectivity index (χ1) is 8.04. The summed E-state index contributed by atoms with van der Waals surface area (Å²) in [6.07, 6.45) is 0.944. The van der Waals surface area contributed by atoms with Gasteiger partial charge in [0.05, 0.1) is 15.2 Å². The van der Waals surface area contributed by atoms with Gasteiger partial charge in [-0.1, -0.05) is 13.0 Å². The van der Waals surface area contributed by atoms with Crippen LogP contribution in [0.1, 0.15) is 23.9 Å². The van der Waals surface area contributed by atoms with Crippen LogP contribution in [0.2, 0.25) is 0 Å². The van der Waals surface area contributed by atoms with Gasteiger partial charge in [0.25, 0.3) is 0 Å². The fourth-order valence-corrected chi connectivity index (χ4v) is 3.06. The molecule has 0 aliphatic heterocycles. The van der Waals surface area contributed by atoms with Gasteiger partial charge in [-0.2, -0.15) is 0 Å². The lowest BCUT2D eigenvalue weighted by molar-refractivity contribution is -0.137. The SMILES string of the molecule is Cc1ccc2nc(CC(C)CC(=O)O)sc2c1. The topological polar surface area (TPSA) is 50.2 Å². The summed E-state index contributed by atoms with van der Waals surface area (Å²) in [5.41, 5.74) is 2.24. The van der Waals surface area contributed by atoms with E-state index in [9.17, 15) is 4.79 Å². The van der Waals surface area contributed by atoms with Gasteiger partial charge < -0.3 is 5.11 Å². The number of carboxylic acids is 1. The quantitative estimate of drug-likeness (QED) is 0.904. The van der Waals surface area contributed by atoms with Crippen molar-refractivity contribution in [3.05, 3.63) is 28.8 Å². The number of hydrogen-bond acceptors (Lipinski definition) is 3. The lowest BCUT2D eigenvalue weighted by atomic mass is 10.1. The number of rotatable bonds is 4. The van der Waals surface area contributed by atoms with Crippen LogP contribution in [-0.4, -0.2) is 16.1 Å². The van der Waals surface area contributed by atoms with Crippen LogP contribution in [0.5, 0.6) is 0 Å². The summed E-state index contributed by atoms with van der Waals surface area (Å²) in [6.45, 7) is 4.01. The predicted octanol–water partition coefficient (Wildman–Crippen LogP) is 3.26. The van der Waals surface area contributed by atoms with Crippen LogP contribution in [0.4, 0.5) is 0 Å². The smallest absolute Gasteiger partial charge is 0.303 e. The number of benzene rings is 1. The van der Waals surface area contributed by atoms with E-state index >= 15 is 0 Å². The van der Waals surface area contributed by atoms with Gasteiger partial charge in [-0.15, -0.1) is 11.3 Å². The molecule has 1 unspecified atom stereocenters. The summed E-state index contributed by atoms with van der Waals surface area (Å²) in [4.78, 5) is 15.1. The number of carboxylic acid groups (broad SMARTS) is 1. The van der Waals surface area contributed by atoms with Crippen molar-refractivity contribution in [2.45, 2.75) is 26.7 Å². The van der Waals surface area contributed by atoms with Gasteiger partial charge in [0.15, 0.2) is 0 Å². The predicted molar refractivity (Wildman–Crippen MR) is 69.5 cm³/mol. The summed E-state index contributed by atoms with van der Waals surface area (Å²) in [5.74, 6) is -0.608. The lowest BCUT2D eigenvalue weighted by Crippen LogP contribution is -2.06. The Labute approximate surface area is 104 Å². The highest BCUT2D eigenvalue weighted by molar-refractivity contribution is 7.18. The van der Waals surface area contributed by atoms with Crippen molar-refractivity contribution in [3.63, 3.8) is 0 Å². The molecule has 0 aliphatic rings. The van der Waals surface area contributed by atoms with E-state index in [-0.39, 0.29) is 12.3 Å². The zero-order chi connectivity index (χ0) is 12.4. The van der Waals surface area contributed by atoms with Crippen molar-refractivity contribution in [2.24, 2.45) is 5.92 Å². The van der Waals surface area contributed by atoms with E-state index in [1.165, 1.54) is 10.3 Å². The number of nitrogens with zero attached hydrogens (tertiary/aromatic N) is 1. The minimum atomic E-state index is -0.741. The molecule has 0 saturated heterocycles. The van der Waals surface area contributed by atoms with Gasteiger partial charge in [-0.25, -0.2) is 4.98 Å². The molecule has 1 aromatic carbocycles. The van der Waals surface area contributed by atoms with Crippen molar-refractivity contribution in [1.29, 1.82) is 0 Å². The Balaban J connectivity index is 2.16. The van der Waals surface area contributed by atoms with E-state index in [0.29, 0.717) is 0 Å². The summed E-state index contributed by atoms with van der Waals surface area (Å²) in [6, 6.07) is 6.19. The third kappa shape index (κ3) is 3.03. The molecule has 0 fully saturated rings.